The lowest BCUT2D eigenvalue weighted by atomic mass is 10.1. The Morgan fingerprint density at radius 2 is 1.79 bits per heavy atom. The van der Waals surface area contributed by atoms with Gasteiger partial charge in [-0.05, 0) is 43.3 Å². The van der Waals surface area contributed by atoms with Crippen LogP contribution >= 0.6 is 0 Å². The number of nitrogens with zero attached hydrogens (tertiary/aromatic N) is 1. The summed E-state index contributed by atoms with van der Waals surface area (Å²) in [5, 5.41) is 0. The van der Waals surface area contributed by atoms with E-state index >= 15 is 0 Å². The quantitative estimate of drug-likeness (QED) is 0.519. The van der Waals surface area contributed by atoms with E-state index in [1.807, 2.05) is 13.0 Å². The molecule has 1 heterocycles. The molecule has 1 aliphatic rings. The molecule has 0 unspecified atom stereocenters. The smallest absolute Gasteiger partial charge is 0.338 e. The normalized spacial score (nSPS) is 15.2. The zero-order valence-corrected chi connectivity index (χ0v) is 16.5. The summed E-state index contributed by atoms with van der Waals surface area (Å²) in [6.45, 7) is 3.69. The van der Waals surface area contributed by atoms with Gasteiger partial charge in [-0.1, -0.05) is 17.7 Å². The first kappa shape index (κ1) is 20.3. The van der Waals surface area contributed by atoms with Gasteiger partial charge in [0.05, 0.1) is 23.7 Å². The van der Waals surface area contributed by atoms with Crippen LogP contribution in [-0.4, -0.2) is 58.2 Å². The first-order valence-electron chi connectivity index (χ1n) is 9.01. The Morgan fingerprint density at radius 3 is 2.46 bits per heavy atom. The fourth-order valence-corrected chi connectivity index (χ4v) is 4.20. The highest BCUT2D eigenvalue weighted by molar-refractivity contribution is 7.89. The van der Waals surface area contributed by atoms with Gasteiger partial charge in [0, 0.05) is 13.1 Å². The highest BCUT2D eigenvalue weighted by atomic mass is 32.2. The summed E-state index contributed by atoms with van der Waals surface area (Å²) >= 11 is 0. The first-order chi connectivity index (χ1) is 13.5. The Balaban J connectivity index is 1.48. The molecule has 150 valence electrons. The van der Waals surface area contributed by atoms with E-state index in [2.05, 4.69) is 0 Å². The molecule has 1 saturated heterocycles. The summed E-state index contributed by atoms with van der Waals surface area (Å²) in [5.74, 6) is 0.104. The van der Waals surface area contributed by atoms with Crippen molar-refractivity contribution in [3.05, 3.63) is 59.7 Å². The monoisotopic (exact) mass is 405 g/mol. The molecule has 7 nitrogen and oxygen atoms in total. The fourth-order valence-electron chi connectivity index (χ4n) is 2.79. The molecule has 3 rings (SSSR count). The molecular formula is C20H23NO6S. The molecule has 1 fully saturated rings. The number of carbonyl (C=O) groups excluding carboxylic acids is 1. The third-order valence-corrected chi connectivity index (χ3v) is 6.18. The summed E-state index contributed by atoms with van der Waals surface area (Å²) in [4.78, 5) is 12.2. The minimum Gasteiger partial charge on any atom is -0.490 e. The molecule has 2 aromatic rings. The Kier molecular flexibility index (Phi) is 6.66. The number of esters is 1. The van der Waals surface area contributed by atoms with Crippen molar-refractivity contribution in [1.82, 2.24) is 4.31 Å². The van der Waals surface area contributed by atoms with Crippen molar-refractivity contribution >= 4 is 16.0 Å². The van der Waals surface area contributed by atoms with Crippen LogP contribution in [0.25, 0.3) is 0 Å². The first-order valence-corrected chi connectivity index (χ1v) is 10.5. The lowest BCUT2D eigenvalue weighted by Crippen LogP contribution is -2.40. The molecule has 28 heavy (non-hydrogen) atoms. The molecule has 0 amide bonds. The number of hydrogen-bond acceptors (Lipinski definition) is 6. The van der Waals surface area contributed by atoms with Crippen molar-refractivity contribution in [2.45, 2.75) is 11.8 Å². The maximum absolute atomic E-state index is 12.6. The maximum atomic E-state index is 12.6. The third kappa shape index (κ3) is 5.09. The Labute approximate surface area is 164 Å². The summed E-state index contributed by atoms with van der Waals surface area (Å²) in [7, 11) is -3.52. The van der Waals surface area contributed by atoms with E-state index in [1.54, 1.807) is 30.3 Å². The summed E-state index contributed by atoms with van der Waals surface area (Å²) in [6.07, 6.45) is 0. The second-order valence-corrected chi connectivity index (χ2v) is 8.28. The van der Waals surface area contributed by atoms with Gasteiger partial charge in [0.25, 0.3) is 0 Å². The van der Waals surface area contributed by atoms with Crippen LogP contribution in [0.2, 0.25) is 0 Å². The zero-order valence-electron chi connectivity index (χ0n) is 15.7. The highest BCUT2D eigenvalue weighted by Gasteiger charge is 2.26. The molecule has 0 spiro atoms. The number of benzene rings is 2. The summed E-state index contributed by atoms with van der Waals surface area (Å²) in [5.41, 5.74) is 1.48. The summed E-state index contributed by atoms with van der Waals surface area (Å²) in [6, 6.07) is 13.4. The predicted octanol–water partition coefficient (Wildman–Crippen LogP) is 2.25. The molecule has 1 aliphatic heterocycles. The van der Waals surface area contributed by atoms with Crippen molar-refractivity contribution in [2.24, 2.45) is 0 Å². The lowest BCUT2D eigenvalue weighted by molar-refractivity contribution is 0.0450. The van der Waals surface area contributed by atoms with Crippen molar-refractivity contribution in [3.63, 3.8) is 0 Å². The van der Waals surface area contributed by atoms with Crippen LogP contribution < -0.4 is 4.74 Å². The molecule has 2 aromatic carbocycles. The summed E-state index contributed by atoms with van der Waals surface area (Å²) < 4.78 is 42.4. The van der Waals surface area contributed by atoms with E-state index in [-0.39, 0.29) is 18.1 Å². The van der Waals surface area contributed by atoms with Gasteiger partial charge in [-0.2, -0.15) is 4.31 Å². The largest absolute Gasteiger partial charge is 0.490 e. The van der Waals surface area contributed by atoms with Gasteiger partial charge in [0.15, 0.2) is 0 Å². The Hall–Kier alpha value is -2.42. The van der Waals surface area contributed by atoms with Crippen LogP contribution in [-0.2, 0) is 19.5 Å². The van der Waals surface area contributed by atoms with E-state index in [4.69, 9.17) is 14.2 Å². The van der Waals surface area contributed by atoms with Crippen molar-refractivity contribution in [1.29, 1.82) is 0 Å². The van der Waals surface area contributed by atoms with Crippen LogP contribution in [0.4, 0.5) is 0 Å². The Bertz CT molecular complexity index is 905. The van der Waals surface area contributed by atoms with Gasteiger partial charge in [-0.25, -0.2) is 13.2 Å². The molecule has 0 bridgehead atoms. The van der Waals surface area contributed by atoms with Gasteiger partial charge >= 0.3 is 5.97 Å². The van der Waals surface area contributed by atoms with Crippen LogP contribution in [0.15, 0.2) is 53.4 Å². The molecule has 0 aliphatic carbocycles. The van der Waals surface area contributed by atoms with E-state index < -0.39 is 16.0 Å². The fraction of sp³-hybridized carbons (Fsp3) is 0.350. The van der Waals surface area contributed by atoms with E-state index in [9.17, 15) is 13.2 Å². The molecule has 0 radical (unpaired) electrons. The Morgan fingerprint density at radius 1 is 1.07 bits per heavy atom. The van der Waals surface area contributed by atoms with Crippen LogP contribution in [0.3, 0.4) is 0 Å². The molecule has 0 saturated carbocycles. The van der Waals surface area contributed by atoms with Crippen molar-refractivity contribution in [2.75, 3.05) is 39.5 Å². The lowest BCUT2D eigenvalue weighted by Gasteiger charge is -2.26. The van der Waals surface area contributed by atoms with Gasteiger partial charge in [0.1, 0.15) is 19.0 Å². The second kappa shape index (κ2) is 9.18. The SMILES string of the molecule is Cc1cccc(C(=O)OCCOc2ccc(S(=O)(=O)N3CCOCC3)cc2)c1. The minimum atomic E-state index is -3.52. The number of hydrogen-bond donors (Lipinski definition) is 0. The average Bonchev–Trinajstić information content (AvgIpc) is 2.72. The number of rotatable bonds is 7. The van der Waals surface area contributed by atoms with Gasteiger partial charge in [0.2, 0.25) is 10.0 Å². The average molecular weight is 405 g/mol. The number of carbonyl (C=O) groups is 1. The number of aryl methyl sites for hydroxylation is 1. The van der Waals surface area contributed by atoms with Crippen LogP contribution in [0.5, 0.6) is 5.75 Å². The molecule has 0 atom stereocenters. The van der Waals surface area contributed by atoms with Gasteiger partial charge in [-0.3, -0.25) is 0 Å². The van der Waals surface area contributed by atoms with Crippen molar-refractivity contribution < 1.29 is 27.4 Å². The highest BCUT2D eigenvalue weighted by Crippen LogP contribution is 2.20. The number of sulfonamides is 1. The zero-order chi connectivity index (χ0) is 20.0. The third-order valence-electron chi connectivity index (χ3n) is 4.27. The van der Waals surface area contributed by atoms with E-state index in [1.165, 1.54) is 16.4 Å². The van der Waals surface area contributed by atoms with E-state index in [0.717, 1.165) is 5.56 Å². The topological polar surface area (TPSA) is 82.1 Å². The number of morpholine rings is 1. The number of ether oxygens (including phenoxy) is 3. The van der Waals surface area contributed by atoms with Crippen LogP contribution in [0.1, 0.15) is 15.9 Å². The van der Waals surface area contributed by atoms with Gasteiger partial charge < -0.3 is 14.2 Å². The van der Waals surface area contributed by atoms with Crippen LogP contribution in [0, 0.1) is 6.92 Å². The van der Waals surface area contributed by atoms with E-state index in [0.29, 0.717) is 37.6 Å². The molecular weight excluding hydrogens is 382 g/mol. The predicted molar refractivity (Wildman–Crippen MR) is 103 cm³/mol. The standard InChI is InChI=1S/C20H23NO6S/c1-16-3-2-4-17(15-16)20(22)27-14-13-26-18-5-7-19(8-6-18)28(23,24)21-9-11-25-12-10-21/h2-8,15H,9-14H2,1H3. The second-order valence-electron chi connectivity index (χ2n) is 6.34. The van der Waals surface area contributed by atoms with Gasteiger partial charge in [-0.15, -0.1) is 0 Å². The maximum Gasteiger partial charge on any atom is 0.338 e. The molecule has 0 N–H and O–H groups in total. The molecule has 0 aromatic heterocycles. The van der Waals surface area contributed by atoms with Crippen molar-refractivity contribution in [3.8, 4) is 5.75 Å². The molecule has 8 heteroatoms. The minimum absolute atomic E-state index is 0.0978.